The van der Waals surface area contributed by atoms with Crippen LogP contribution in [0.1, 0.15) is 52.7 Å². The first-order chi connectivity index (χ1) is 23.6. The highest BCUT2D eigenvalue weighted by Crippen LogP contribution is 2.44. The molecule has 0 saturated carbocycles. The van der Waals surface area contributed by atoms with E-state index in [2.05, 4.69) is 0 Å². The molecule has 1 aromatic heterocycles. The molecule has 0 bridgehead atoms. The Morgan fingerprint density at radius 3 is 1.86 bits per heavy atom. The summed E-state index contributed by atoms with van der Waals surface area (Å²) in [4.78, 5) is 26.6. The third-order valence-corrected chi connectivity index (χ3v) is 11.1. The molecule has 0 radical (unpaired) electrons. The summed E-state index contributed by atoms with van der Waals surface area (Å²) < 4.78 is 78.6. The van der Waals surface area contributed by atoms with Gasteiger partial charge in [-0.15, -0.1) is 11.3 Å². The Morgan fingerprint density at radius 2 is 1.40 bits per heavy atom. The topological polar surface area (TPSA) is 156 Å². The van der Waals surface area contributed by atoms with E-state index < -0.39 is 63.7 Å². The maximum Gasteiger partial charge on any atom is 0.417 e. The van der Waals surface area contributed by atoms with Crippen molar-refractivity contribution in [2.45, 2.75) is 49.0 Å². The summed E-state index contributed by atoms with van der Waals surface area (Å²) in [5.41, 5.74) is 13.6. The van der Waals surface area contributed by atoms with Gasteiger partial charge in [0, 0.05) is 27.9 Å². The number of carbonyl (C=O) groups is 2. The molecule has 3 aromatic carbocycles. The van der Waals surface area contributed by atoms with Crippen molar-refractivity contribution in [2.75, 3.05) is 26.0 Å². The van der Waals surface area contributed by atoms with Crippen molar-refractivity contribution in [3.63, 3.8) is 0 Å². The molecule has 15 heteroatoms. The molecular formula is C35H39F3N4O6S2. The zero-order chi connectivity index (χ0) is 36.8. The van der Waals surface area contributed by atoms with E-state index in [0.717, 1.165) is 17.5 Å². The standard InChI is InChI=1S/C35H39F3N4O6S2/c1-22(2)20-41(50(46,47)26-16-14-25(39)15-17-26)27(21-43)28-18-19-29(49-28)32(35(36,37)38)42(34(45)48-3)33(44)31(40)30(23-10-6-4-7-11-23)24-12-8-5-9-13-24/h4-19,22,27,30-32,43H,20-21,39-40H2,1-3H3/t27-,31+,32-/m1/s1. The highest BCUT2D eigenvalue weighted by molar-refractivity contribution is 7.89. The van der Waals surface area contributed by atoms with E-state index in [-0.39, 0.29) is 27.1 Å². The second-order valence-corrected chi connectivity index (χ2v) is 15.0. The van der Waals surface area contributed by atoms with Crippen LogP contribution >= 0.6 is 11.3 Å². The number of aliphatic hydroxyl groups excluding tert-OH is 1. The van der Waals surface area contributed by atoms with Crippen molar-refractivity contribution in [1.29, 1.82) is 0 Å². The SMILES string of the molecule is COC(=O)N(C(=O)[C@@H](N)C(c1ccccc1)c1ccccc1)[C@H](c1ccc([C@@H](CO)N(CC(C)C)S(=O)(=O)c2ccc(N)cc2)s1)C(F)(F)F. The average molecular weight is 733 g/mol. The number of aliphatic hydroxyl groups is 1. The van der Waals surface area contributed by atoms with Crippen LogP contribution in [0.4, 0.5) is 23.7 Å². The number of methoxy groups -OCH3 is 1. The predicted octanol–water partition coefficient (Wildman–Crippen LogP) is 6.07. The van der Waals surface area contributed by atoms with E-state index >= 15 is 13.2 Å². The normalized spacial score (nSPS) is 14.1. The number of amides is 2. The molecule has 0 saturated heterocycles. The van der Waals surface area contributed by atoms with E-state index in [0.29, 0.717) is 28.2 Å². The summed E-state index contributed by atoms with van der Waals surface area (Å²) in [6.07, 6.45) is -6.81. The summed E-state index contributed by atoms with van der Waals surface area (Å²) in [5, 5.41) is 10.5. The summed E-state index contributed by atoms with van der Waals surface area (Å²) in [5.74, 6) is -2.53. The molecule has 50 heavy (non-hydrogen) atoms. The first-order valence-corrected chi connectivity index (χ1v) is 17.8. The van der Waals surface area contributed by atoms with E-state index in [4.69, 9.17) is 16.2 Å². The Balaban J connectivity index is 1.80. The monoisotopic (exact) mass is 732 g/mol. The highest BCUT2D eigenvalue weighted by Gasteiger charge is 2.52. The Kier molecular flexibility index (Phi) is 12.5. The van der Waals surface area contributed by atoms with Crippen LogP contribution in [0.2, 0.25) is 0 Å². The van der Waals surface area contributed by atoms with Crippen molar-refractivity contribution >= 4 is 39.0 Å². The molecule has 2 amide bonds. The van der Waals surface area contributed by atoms with Crippen molar-refractivity contribution in [1.82, 2.24) is 9.21 Å². The zero-order valence-corrected chi connectivity index (χ0v) is 29.2. The number of halogens is 3. The lowest BCUT2D eigenvalue weighted by Gasteiger charge is -2.34. The van der Waals surface area contributed by atoms with Gasteiger partial charge in [-0.1, -0.05) is 74.5 Å². The number of rotatable bonds is 13. The van der Waals surface area contributed by atoms with Gasteiger partial charge in [0.25, 0.3) is 5.91 Å². The number of nitrogens with two attached hydrogens (primary N) is 2. The molecule has 0 aliphatic carbocycles. The lowest BCUT2D eigenvalue weighted by Crippen LogP contribution is -2.53. The largest absolute Gasteiger partial charge is 0.452 e. The van der Waals surface area contributed by atoms with Crippen LogP contribution < -0.4 is 11.5 Å². The first kappa shape index (κ1) is 38.5. The van der Waals surface area contributed by atoms with Crippen LogP contribution in [0.3, 0.4) is 0 Å². The molecule has 268 valence electrons. The molecule has 0 spiro atoms. The molecule has 0 fully saturated rings. The molecule has 10 nitrogen and oxygen atoms in total. The number of imide groups is 1. The first-order valence-electron chi connectivity index (χ1n) is 15.5. The predicted molar refractivity (Wildman–Crippen MR) is 184 cm³/mol. The van der Waals surface area contributed by atoms with Gasteiger partial charge in [0.2, 0.25) is 10.0 Å². The Morgan fingerprint density at radius 1 is 0.880 bits per heavy atom. The van der Waals surface area contributed by atoms with Crippen molar-refractivity contribution in [2.24, 2.45) is 11.7 Å². The van der Waals surface area contributed by atoms with E-state index in [9.17, 15) is 23.1 Å². The maximum atomic E-state index is 15.1. The number of hydrogen-bond acceptors (Lipinski definition) is 9. The molecule has 4 rings (SSSR count). The Bertz CT molecular complexity index is 1800. The second-order valence-electron chi connectivity index (χ2n) is 11.9. The summed E-state index contributed by atoms with van der Waals surface area (Å²) in [6.45, 7) is 2.63. The molecule has 0 unspecified atom stereocenters. The second kappa shape index (κ2) is 16.2. The number of hydrogen-bond donors (Lipinski definition) is 3. The van der Waals surface area contributed by atoms with E-state index in [1.54, 1.807) is 74.5 Å². The van der Waals surface area contributed by atoms with Gasteiger partial charge in [0.15, 0.2) is 6.04 Å². The van der Waals surface area contributed by atoms with Gasteiger partial charge in [-0.05, 0) is 53.4 Å². The third kappa shape index (κ3) is 8.53. The van der Waals surface area contributed by atoms with Crippen LogP contribution in [-0.4, -0.2) is 67.2 Å². The van der Waals surface area contributed by atoms with Crippen LogP contribution in [0.5, 0.6) is 0 Å². The molecule has 4 aromatic rings. The quantitative estimate of drug-likeness (QED) is 0.140. The van der Waals surface area contributed by atoms with E-state index in [1.807, 2.05) is 0 Å². The Labute approximate surface area is 293 Å². The molecule has 5 N–H and O–H groups in total. The minimum absolute atomic E-state index is 0.0376. The van der Waals surface area contributed by atoms with Gasteiger partial charge in [-0.25, -0.2) is 18.1 Å². The number of sulfonamides is 1. The number of thiophene rings is 1. The smallest absolute Gasteiger partial charge is 0.417 e. The highest BCUT2D eigenvalue weighted by atomic mass is 32.2. The summed E-state index contributed by atoms with van der Waals surface area (Å²) >= 11 is 0.508. The molecule has 0 aliphatic heterocycles. The van der Waals surface area contributed by atoms with Crippen molar-refractivity contribution in [3.05, 3.63) is 118 Å². The average Bonchev–Trinajstić information content (AvgIpc) is 3.55. The number of carbonyl (C=O) groups excluding carboxylic acids is 2. The van der Waals surface area contributed by atoms with Gasteiger partial charge < -0.3 is 21.3 Å². The molecule has 0 aliphatic rings. The number of nitrogen functional groups attached to an aromatic ring is 1. The minimum atomic E-state index is -5.22. The third-order valence-electron chi connectivity index (χ3n) is 7.94. The minimum Gasteiger partial charge on any atom is -0.452 e. The molecular weight excluding hydrogens is 694 g/mol. The molecule has 3 atom stereocenters. The summed E-state index contributed by atoms with van der Waals surface area (Å²) in [7, 11) is -3.44. The van der Waals surface area contributed by atoms with Gasteiger partial charge in [-0.2, -0.15) is 17.5 Å². The van der Waals surface area contributed by atoms with Crippen LogP contribution in [0.25, 0.3) is 0 Å². The molecule has 1 heterocycles. The lowest BCUT2D eigenvalue weighted by atomic mass is 9.84. The van der Waals surface area contributed by atoms with Crippen molar-refractivity contribution < 1.29 is 41.0 Å². The number of alkyl halides is 3. The van der Waals surface area contributed by atoms with Gasteiger partial charge in [0.1, 0.15) is 0 Å². The number of benzene rings is 3. The zero-order valence-electron chi connectivity index (χ0n) is 27.5. The van der Waals surface area contributed by atoms with Gasteiger partial charge >= 0.3 is 12.3 Å². The number of ether oxygens (including phenoxy) is 1. The Hall–Kier alpha value is -4.28. The van der Waals surface area contributed by atoms with Crippen LogP contribution in [0, 0.1) is 5.92 Å². The number of anilines is 1. The van der Waals surface area contributed by atoms with Crippen LogP contribution in [0.15, 0.2) is 102 Å². The van der Waals surface area contributed by atoms with Gasteiger partial charge in [0.05, 0.1) is 30.7 Å². The lowest BCUT2D eigenvalue weighted by molar-refractivity contribution is -0.186. The van der Waals surface area contributed by atoms with Gasteiger partial charge in [-0.3, -0.25) is 4.79 Å². The summed E-state index contributed by atoms with van der Waals surface area (Å²) in [6, 6.07) is 18.8. The van der Waals surface area contributed by atoms with E-state index in [1.165, 1.54) is 30.3 Å². The number of nitrogens with zero attached hydrogens (tertiary/aromatic N) is 2. The fourth-order valence-corrected chi connectivity index (χ4v) is 8.69. The fourth-order valence-electron chi connectivity index (χ4n) is 5.63. The van der Waals surface area contributed by atoms with Crippen LogP contribution in [-0.2, 0) is 19.6 Å². The maximum absolute atomic E-state index is 15.1. The fraction of sp³-hybridized carbons (Fsp3) is 0.314. The van der Waals surface area contributed by atoms with Crippen molar-refractivity contribution in [3.8, 4) is 0 Å².